The molecule has 37 heavy (non-hydrogen) atoms. The molecule has 0 amide bonds. The molecule has 0 aromatic carbocycles. The quantitative estimate of drug-likeness (QED) is 0.178. The fraction of sp³-hybridized carbons (Fsp3) is 0.636. The number of ether oxygens (including phenoxy) is 1. The third-order valence-electron chi connectivity index (χ3n) is 7.48. The van der Waals surface area contributed by atoms with Crippen molar-refractivity contribution in [1.82, 2.24) is 0 Å². The summed E-state index contributed by atoms with van der Waals surface area (Å²) in [7, 11) is 1.37. The Bertz CT molecular complexity index is 895. The second-order valence-corrected chi connectivity index (χ2v) is 11.2. The highest BCUT2D eigenvalue weighted by Gasteiger charge is 2.46. The lowest BCUT2D eigenvalue weighted by Crippen LogP contribution is -2.53. The lowest BCUT2D eigenvalue weighted by molar-refractivity contribution is -0.160. The molecular formula is C33H52O4. The molecule has 4 unspecified atom stereocenters. The molecule has 4 atom stereocenters. The molecule has 1 fully saturated rings. The van der Waals surface area contributed by atoms with Crippen molar-refractivity contribution in [2.24, 2.45) is 11.8 Å². The van der Waals surface area contributed by atoms with Crippen molar-refractivity contribution in [1.29, 1.82) is 0 Å². The van der Waals surface area contributed by atoms with Crippen molar-refractivity contribution in [2.45, 2.75) is 118 Å². The fourth-order valence-electron chi connectivity index (χ4n) is 4.80. The van der Waals surface area contributed by atoms with Gasteiger partial charge in [-0.1, -0.05) is 65.2 Å². The van der Waals surface area contributed by atoms with Gasteiger partial charge in [0.15, 0.2) is 0 Å². The maximum Gasteiger partial charge on any atom is 0.229 e. The van der Waals surface area contributed by atoms with E-state index in [0.717, 1.165) is 51.4 Å². The summed E-state index contributed by atoms with van der Waals surface area (Å²) in [5.74, 6) is -1.82. The second kappa shape index (κ2) is 17.5. The molecule has 0 aromatic rings. The Morgan fingerprint density at radius 2 is 1.11 bits per heavy atom. The maximum absolute atomic E-state index is 12.2. The van der Waals surface area contributed by atoms with Crippen LogP contribution in [0.25, 0.3) is 0 Å². The summed E-state index contributed by atoms with van der Waals surface area (Å²) in [6.45, 7) is 14.8. The Kier molecular flexibility index (Phi) is 15.6. The summed E-state index contributed by atoms with van der Waals surface area (Å²) in [5.41, 5.74) is 7.00. The van der Waals surface area contributed by atoms with E-state index in [1.165, 1.54) is 35.0 Å². The van der Waals surface area contributed by atoms with Gasteiger partial charge in [-0.25, -0.2) is 0 Å². The maximum atomic E-state index is 12.2. The average molecular weight is 513 g/mol. The average Bonchev–Trinajstić information content (AvgIpc) is 2.82. The van der Waals surface area contributed by atoms with E-state index >= 15 is 0 Å². The van der Waals surface area contributed by atoms with Crippen LogP contribution in [0, 0.1) is 11.8 Å². The molecule has 0 heterocycles. The molecule has 0 saturated heterocycles. The van der Waals surface area contributed by atoms with E-state index in [0.29, 0.717) is 6.42 Å². The molecule has 1 aliphatic rings. The van der Waals surface area contributed by atoms with Crippen molar-refractivity contribution in [3.05, 3.63) is 58.2 Å². The summed E-state index contributed by atoms with van der Waals surface area (Å²) in [5, 5.41) is 10.5. The molecule has 0 aromatic heterocycles. The van der Waals surface area contributed by atoms with Crippen molar-refractivity contribution in [2.75, 3.05) is 7.11 Å². The highest BCUT2D eigenvalue weighted by Crippen LogP contribution is 2.31. The summed E-state index contributed by atoms with van der Waals surface area (Å²) in [6.07, 6.45) is 18.7. The molecule has 1 saturated carbocycles. The summed E-state index contributed by atoms with van der Waals surface area (Å²) < 4.78 is 5.10. The first-order chi connectivity index (χ1) is 17.5. The summed E-state index contributed by atoms with van der Waals surface area (Å²) in [6, 6.07) is 0. The van der Waals surface area contributed by atoms with Crippen LogP contribution in [0.4, 0.5) is 0 Å². The minimum Gasteiger partial charge on any atom is -0.390 e. The first-order valence-electron chi connectivity index (χ1n) is 14.0. The van der Waals surface area contributed by atoms with Gasteiger partial charge in [-0.3, -0.25) is 9.59 Å². The van der Waals surface area contributed by atoms with Gasteiger partial charge in [0.25, 0.3) is 0 Å². The standard InChI is InChI=1S/C33H52O4/c1-23(2)13-9-14-24(3)15-10-16-25(4)17-11-18-26(5)19-12-20-27(6)21-22-29-28(7)30(34)32(36)33(37-8)31(29)35/h13,15,17,19,21,28-29,31,33,35H,9-12,14,16,18,20,22H2,1-8H3/b24-15?,25-17?,26-19?,27-21+. The van der Waals surface area contributed by atoms with Gasteiger partial charge in [-0.2, -0.15) is 0 Å². The lowest BCUT2D eigenvalue weighted by Gasteiger charge is -2.35. The van der Waals surface area contributed by atoms with Crippen LogP contribution in [-0.2, 0) is 14.3 Å². The van der Waals surface area contributed by atoms with Crippen LogP contribution in [-0.4, -0.2) is 36.0 Å². The van der Waals surface area contributed by atoms with Gasteiger partial charge < -0.3 is 9.84 Å². The van der Waals surface area contributed by atoms with Crippen LogP contribution in [0.2, 0.25) is 0 Å². The topological polar surface area (TPSA) is 63.6 Å². The molecule has 4 heteroatoms. The van der Waals surface area contributed by atoms with Crippen LogP contribution in [0.15, 0.2) is 58.2 Å². The van der Waals surface area contributed by atoms with Crippen molar-refractivity contribution in [3.8, 4) is 0 Å². The Morgan fingerprint density at radius 3 is 1.51 bits per heavy atom. The second-order valence-electron chi connectivity index (χ2n) is 11.2. The number of carbonyl (C=O) groups excluding carboxylic acids is 2. The number of allylic oxidation sites excluding steroid dienone is 10. The molecule has 0 bridgehead atoms. The van der Waals surface area contributed by atoms with Gasteiger partial charge >= 0.3 is 0 Å². The number of hydrogen-bond acceptors (Lipinski definition) is 4. The van der Waals surface area contributed by atoms with E-state index < -0.39 is 29.7 Å². The Hall–Kier alpha value is -2.04. The van der Waals surface area contributed by atoms with Crippen molar-refractivity contribution in [3.63, 3.8) is 0 Å². The molecule has 1 rings (SSSR count). The van der Waals surface area contributed by atoms with E-state index in [4.69, 9.17) is 4.74 Å². The zero-order valence-corrected chi connectivity index (χ0v) is 24.7. The molecule has 0 spiro atoms. The van der Waals surface area contributed by atoms with Gasteiger partial charge in [-0.15, -0.1) is 0 Å². The van der Waals surface area contributed by atoms with Crippen molar-refractivity contribution >= 4 is 11.6 Å². The first kappa shape index (κ1) is 33.0. The number of rotatable bonds is 15. The Labute approximate surface area is 226 Å². The number of aliphatic hydroxyl groups excluding tert-OH is 1. The zero-order chi connectivity index (χ0) is 28.0. The molecule has 0 aliphatic heterocycles. The number of hydrogen-bond donors (Lipinski definition) is 1. The number of ketones is 2. The lowest BCUT2D eigenvalue weighted by atomic mass is 9.73. The number of Topliss-reactive ketones (excluding diaryl/α,β-unsaturated/α-hetero) is 2. The normalized spacial score (nSPS) is 24.0. The van der Waals surface area contributed by atoms with E-state index in [1.807, 2.05) is 0 Å². The van der Waals surface area contributed by atoms with Crippen LogP contribution in [0.3, 0.4) is 0 Å². The fourth-order valence-corrected chi connectivity index (χ4v) is 4.80. The minimum absolute atomic E-state index is 0.292. The Balaban J connectivity index is 2.40. The molecule has 1 aliphatic carbocycles. The third-order valence-corrected chi connectivity index (χ3v) is 7.48. The van der Waals surface area contributed by atoms with Gasteiger partial charge in [-0.05, 0) is 99.3 Å². The molecule has 0 radical (unpaired) electrons. The van der Waals surface area contributed by atoms with Crippen LogP contribution < -0.4 is 0 Å². The molecule has 4 nitrogen and oxygen atoms in total. The summed E-state index contributed by atoms with van der Waals surface area (Å²) in [4.78, 5) is 24.3. The number of carbonyl (C=O) groups is 2. The van der Waals surface area contributed by atoms with E-state index in [9.17, 15) is 14.7 Å². The third kappa shape index (κ3) is 12.4. The predicted octanol–water partition coefficient (Wildman–Crippen LogP) is 8.03. The van der Waals surface area contributed by atoms with Crippen LogP contribution >= 0.6 is 0 Å². The van der Waals surface area contributed by atoms with Crippen LogP contribution in [0.1, 0.15) is 106 Å². The van der Waals surface area contributed by atoms with Gasteiger partial charge in [0.1, 0.15) is 6.10 Å². The smallest absolute Gasteiger partial charge is 0.229 e. The molecule has 208 valence electrons. The predicted molar refractivity (Wildman–Crippen MR) is 155 cm³/mol. The molecule has 1 N–H and O–H groups in total. The number of aliphatic hydroxyl groups is 1. The monoisotopic (exact) mass is 512 g/mol. The SMILES string of the molecule is COC1C(=O)C(=O)C(C)C(C/C=C(\C)CCC=C(C)CCC=C(C)CCC=C(C)CCC=C(C)C)C1O. The first-order valence-corrected chi connectivity index (χ1v) is 14.0. The van der Waals surface area contributed by atoms with E-state index in [1.54, 1.807) is 6.92 Å². The van der Waals surface area contributed by atoms with E-state index in [2.05, 4.69) is 71.9 Å². The highest BCUT2D eigenvalue weighted by molar-refractivity contribution is 6.40. The Morgan fingerprint density at radius 1 is 0.703 bits per heavy atom. The number of methoxy groups -OCH3 is 1. The van der Waals surface area contributed by atoms with E-state index in [-0.39, 0.29) is 5.92 Å². The van der Waals surface area contributed by atoms with Gasteiger partial charge in [0, 0.05) is 18.9 Å². The van der Waals surface area contributed by atoms with Gasteiger partial charge in [0.2, 0.25) is 11.6 Å². The minimum atomic E-state index is -1.04. The largest absolute Gasteiger partial charge is 0.390 e. The zero-order valence-electron chi connectivity index (χ0n) is 24.7. The van der Waals surface area contributed by atoms with Gasteiger partial charge in [0.05, 0.1) is 6.10 Å². The summed E-state index contributed by atoms with van der Waals surface area (Å²) >= 11 is 0. The highest BCUT2D eigenvalue weighted by atomic mass is 16.5. The molecular weight excluding hydrogens is 460 g/mol. The van der Waals surface area contributed by atoms with Crippen molar-refractivity contribution < 1.29 is 19.4 Å². The van der Waals surface area contributed by atoms with Crippen LogP contribution in [0.5, 0.6) is 0 Å².